The van der Waals surface area contributed by atoms with E-state index in [0.717, 1.165) is 5.56 Å². The molecule has 0 saturated heterocycles. The summed E-state index contributed by atoms with van der Waals surface area (Å²) >= 11 is 0. The number of methoxy groups -OCH3 is 1. The van der Waals surface area contributed by atoms with E-state index in [-0.39, 0.29) is 0 Å². The Bertz CT molecular complexity index is 294. The van der Waals surface area contributed by atoms with Crippen LogP contribution >= 0.6 is 0 Å². The maximum Gasteiger partial charge on any atom is 0.0813 e. The van der Waals surface area contributed by atoms with Gasteiger partial charge >= 0.3 is 0 Å². The molecular formula is C12H18O2. The van der Waals surface area contributed by atoms with E-state index in [1.54, 1.807) is 7.11 Å². The molecule has 0 saturated carbocycles. The van der Waals surface area contributed by atoms with E-state index in [2.05, 4.69) is 32.0 Å². The van der Waals surface area contributed by atoms with Crippen LogP contribution in [0.4, 0.5) is 0 Å². The quantitative estimate of drug-likeness (QED) is 0.792. The van der Waals surface area contributed by atoms with E-state index in [1.165, 1.54) is 11.1 Å². The zero-order chi connectivity index (χ0) is 10.6. The molecule has 1 aromatic carbocycles. The molecule has 0 aromatic heterocycles. The van der Waals surface area contributed by atoms with Crippen LogP contribution in [-0.4, -0.2) is 24.9 Å². The topological polar surface area (TPSA) is 29.5 Å². The van der Waals surface area contributed by atoms with E-state index < -0.39 is 6.10 Å². The van der Waals surface area contributed by atoms with Gasteiger partial charge in [0, 0.05) is 13.5 Å². The van der Waals surface area contributed by atoms with E-state index in [0.29, 0.717) is 13.0 Å². The number of benzene rings is 1. The minimum Gasteiger partial charge on any atom is -0.390 e. The van der Waals surface area contributed by atoms with Gasteiger partial charge in [0.05, 0.1) is 12.7 Å². The highest BCUT2D eigenvalue weighted by Gasteiger charge is 2.05. The number of hydrogen-bond donors (Lipinski definition) is 1. The average molecular weight is 194 g/mol. The van der Waals surface area contributed by atoms with E-state index >= 15 is 0 Å². The van der Waals surface area contributed by atoms with Crippen molar-refractivity contribution in [2.24, 2.45) is 0 Å². The molecule has 0 spiro atoms. The molecule has 1 unspecified atom stereocenters. The van der Waals surface area contributed by atoms with Crippen LogP contribution < -0.4 is 0 Å². The van der Waals surface area contributed by atoms with Crippen LogP contribution in [0.2, 0.25) is 0 Å². The molecule has 1 N–H and O–H groups in total. The van der Waals surface area contributed by atoms with Crippen LogP contribution in [0.25, 0.3) is 0 Å². The molecule has 1 rings (SSSR count). The monoisotopic (exact) mass is 194 g/mol. The van der Waals surface area contributed by atoms with Gasteiger partial charge in [-0.05, 0) is 30.5 Å². The lowest BCUT2D eigenvalue weighted by molar-refractivity contribution is 0.0650. The van der Waals surface area contributed by atoms with Gasteiger partial charge in [-0.15, -0.1) is 0 Å². The van der Waals surface area contributed by atoms with Gasteiger partial charge in [0.1, 0.15) is 0 Å². The van der Waals surface area contributed by atoms with Gasteiger partial charge in [0.25, 0.3) is 0 Å². The molecule has 0 bridgehead atoms. The molecule has 2 nitrogen and oxygen atoms in total. The van der Waals surface area contributed by atoms with Crippen LogP contribution in [-0.2, 0) is 11.2 Å². The van der Waals surface area contributed by atoms with Crippen molar-refractivity contribution < 1.29 is 9.84 Å². The lowest BCUT2D eigenvalue weighted by Gasteiger charge is -2.10. The van der Waals surface area contributed by atoms with Crippen molar-refractivity contribution in [3.63, 3.8) is 0 Å². The average Bonchev–Trinajstić information content (AvgIpc) is 2.12. The minimum atomic E-state index is -0.401. The first-order chi connectivity index (χ1) is 6.63. The van der Waals surface area contributed by atoms with Crippen molar-refractivity contribution in [1.82, 2.24) is 0 Å². The smallest absolute Gasteiger partial charge is 0.0813 e. The van der Waals surface area contributed by atoms with Crippen LogP contribution in [0.1, 0.15) is 16.7 Å². The summed E-state index contributed by atoms with van der Waals surface area (Å²) in [7, 11) is 1.60. The Balaban J connectivity index is 2.63. The van der Waals surface area contributed by atoms with Crippen molar-refractivity contribution in [3.05, 3.63) is 34.9 Å². The van der Waals surface area contributed by atoms with Gasteiger partial charge < -0.3 is 9.84 Å². The molecule has 0 amide bonds. The first-order valence-corrected chi connectivity index (χ1v) is 4.86. The Morgan fingerprint density at radius 2 is 2.00 bits per heavy atom. The fourth-order valence-corrected chi connectivity index (χ4v) is 1.45. The standard InChI is InChI=1S/C12H18O2/c1-9-4-5-11(6-10(9)2)7-12(13)8-14-3/h4-6,12-13H,7-8H2,1-3H3. The van der Waals surface area contributed by atoms with Gasteiger partial charge in [-0.2, -0.15) is 0 Å². The van der Waals surface area contributed by atoms with Crippen LogP contribution in [0.5, 0.6) is 0 Å². The molecule has 2 heteroatoms. The third-order valence-corrected chi connectivity index (χ3v) is 2.40. The molecule has 14 heavy (non-hydrogen) atoms. The molecule has 1 atom stereocenters. The summed E-state index contributed by atoms with van der Waals surface area (Å²) in [5.41, 5.74) is 3.72. The molecule has 0 radical (unpaired) electrons. The summed E-state index contributed by atoms with van der Waals surface area (Å²) in [5.74, 6) is 0. The zero-order valence-corrected chi connectivity index (χ0v) is 9.08. The first kappa shape index (κ1) is 11.2. The fourth-order valence-electron chi connectivity index (χ4n) is 1.45. The Morgan fingerprint density at radius 3 is 2.57 bits per heavy atom. The molecule has 0 aliphatic rings. The summed E-state index contributed by atoms with van der Waals surface area (Å²) in [6.45, 7) is 4.57. The Kier molecular flexibility index (Phi) is 4.11. The summed E-state index contributed by atoms with van der Waals surface area (Å²) in [6.07, 6.45) is 0.261. The molecule has 0 fully saturated rings. The number of rotatable bonds is 4. The van der Waals surface area contributed by atoms with E-state index in [4.69, 9.17) is 4.74 Å². The van der Waals surface area contributed by atoms with Crippen molar-refractivity contribution in [1.29, 1.82) is 0 Å². The Labute approximate surface area is 85.5 Å². The van der Waals surface area contributed by atoms with Crippen LogP contribution in [0.3, 0.4) is 0 Å². The summed E-state index contributed by atoms with van der Waals surface area (Å²) in [4.78, 5) is 0. The summed E-state index contributed by atoms with van der Waals surface area (Å²) in [6, 6.07) is 6.26. The summed E-state index contributed by atoms with van der Waals surface area (Å²) < 4.78 is 4.88. The van der Waals surface area contributed by atoms with Crippen LogP contribution in [0.15, 0.2) is 18.2 Å². The third kappa shape index (κ3) is 3.13. The van der Waals surface area contributed by atoms with Crippen molar-refractivity contribution >= 4 is 0 Å². The minimum absolute atomic E-state index is 0.396. The maximum absolute atomic E-state index is 9.54. The second-order valence-electron chi connectivity index (χ2n) is 3.73. The third-order valence-electron chi connectivity index (χ3n) is 2.40. The number of aliphatic hydroxyl groups excluding tert-OH is 1. The van der Waals surface area contributed by atoms with Crippen LogP contribution in [0, 0.1) is 13.8 Å². The lowest BCUT2D eigenvalue weighted by atomic mass is 10.0. The highest BCUT2D eigenvalue weighted by atomic mass is 16.5. The molecule has 0 aliphatic carbocycles. The predicted octanol–water partition coefficient (Wildman–Crippen LogP) is 1.85. The number of ether oxygens (including phenoxy) is 1. The lowest BCUT2D eigenvalue weighted by Crippen LogP contribution is -2.16. The normalized spacial score (nSPS) is 12.9. The van der Waals surface area contributed by atoms with E-state index in [1.807, 2.05) is 0 Å². The number of hydrogen-bond acceptors (Lipinski definition) is 2. The van der Waals surface area contributed by atoms with Crippen molar-refractivity contribution in [2.45, 2.75) is 26.4 Å². The SMILES string of the molecule is COCC(O)Cc1ccc(C)c(C)c1. The highest BCUT2D eigenvalue weighted by molar-refractivity contribution is 5.30. The largest absolute Gasteiger partial charge is 0.390 e. The van der Waals surface area contributed by atoms with Gasteiger partial charge in [-0.25, -0.2) is 0 Å². The van der Waals surface area contributed by atoms with Gasteiger partial charge in [-0.3, -0.25) is 0 Å². The first-order valence-electron chi connectivity index (χ1n) is 4.86. The number of aliphatic hydroxyl groups is 1. The number of aryl methyl sites for hydroxylation is 2. The second-order valence-corrected chi connectivity index (χ2v) is 3.73. The molecule has 78 valence electrons. The van der Waals surface area contributed by atoms with Crippen molar-refractivity contribution in [3.8, 4) is 0 Å². The Hall–Kier alpha value is -0.860. The maximum atomic E-state index is 9.54. The molecule has 0 heterocycles. The molecule has 1 aromatic rings. The Morgan fingerprint density at radius 1 is 1.29 bits per heavy atom. The molecular weight excluding hydrogens is 176 g/mol. The van der Waals surface area contributed by atoms with Gasteiger partial charge in [0.15, 0.2) is 0 Å². The van der Waals surface area contributed by atoms with E-state index in [9.17, 15) is 5.11 Å². The van der Waals surface area contributed by atoms with Gasteiger partial charge in [0.2, 0.25) is 0 Å². The van der Waals surface area contributed by atoms with Gasteiger partial charge in [-0.1, -0.05) is 18.2 Å². The zero-order valence-electron chi connectivity index (χ0n) is 9.08. The fraction of sp³-hybridized carbons (Fsp3) is 0.500. The second kappa shape index (κ2) is 5.13. The highest BCUT2D eigenvalue weighted by Crippen LogP contribution is 2.11. The predicted molar refractivity (Wildman–Crippen MR) is 57.5 cm³/mol. The summed E-state index contributed by atoms with van der Waals surface area (Å²) in [5, 5.41) is 9.54. The molecule has 0 aliphatic heterocycles. The van der Waals surface area contributed by atoms with Crippen molar-refractivity contribution in [2.75, 3.05) is 13.7 Å².